The third kappa shape index (κ3) is 3.98. The van der Waals surface area contributed by atoms with Gasteiger partial charge < -0.3 is 20.4 Å². The van der Waals surface area contributed by atoms with Crippen molar-refractivity contribution in [1.29, 1.82) is 0 Å². The summed E-state index contributed by atoms with van der Waals surface area (Å²) in [5.41, 5.74) is 6.74. The Morgan fingerprint density at radius 3 is 2.71 bits per heavy atom. The first-order valence-corrected chi connectivity index (χ1v) is 8.36. The van der Waals surface area contributed by atoms with Crippen molar-refractivity contribution < 1.29 is 14.0 Å². The summed E-state index contributed by atoms with van der Waals surface area (Å²) in [6.07, 6.45) is 3.11. The van der Waals surface area contributed by atoms with Crippen LogP contribution in [0.3, 0.4) is 0 Å². The van der Waals surface area contributed by atoms with Crippen molar-refractivity contribution in [2.45, 2.75) is 25.8 Å². The maximum Gasteiger partial charge on any atom is 0.291 e. The van der Waals surface area contributed by atoms with Crippen LogP contribution in [0.5, 0.6) is 0 Å². The van der Waals surface area contributed by atoms with Crippen LogP contribution >= 0.6 is 23.7 Å². The molecule has 3 rings (SSSR count). The van der Waals surface area contributed by atoms with E-state index in [2.05, 4.69) is 5.32 Å². The first-order valence-electron chi connectivity index (χ1n) is 7.54. The van der Waals surface area contributed by atoms with Crippen molar-refractivity contribution in [2.75, 3.05) is 18.4 Å². The van der Waals surface area contributed by atoms with Crippen molar-refractivity contribution in [2.24, 2.45) is 5.73 Å². The van der Waals surface area contributed by atoms with E-state index in [0.717, 1.165) is 18.4 Å². The zero-order valence-electron chi connectivity index (χ0n) is 13.3. The monoisotopic (exact) mass is 369 g/mol. The Morgan fingerprint density at radius 1 is 1.38 bits per heavy atom. The van der Waals surface area contributed by atoms with Gasteiger partial charge >= 0.3 is 0 Å². The van der Waals surface area contributed by atoms with E-state index in [0.29, 0.717) is 23.0 Å². The Balaban J connectivity index is 0.00000208. The van der Waals surface area contributed by atoms with Gasteiger partial charge in [0.05, 0.1) is 16.1 Å². The van der Waals surface area contributed by atoms with Crippen LogP contribution in [0.15, 0.2) is 28.9 Å². The van der Waals surface area contributed by atoms with Crippen molar-refractivity contribution in [3.63, 3.8) is 0 Å². The number of amides is 2. The highest BCUT2D eigenvalue weighted by Gasteiger charge is 2.24. The van der Waals surface area contributed by atoms with E-state index in [9.17, 15) is 9.59 Å². The van der Waals surface area contributed by atoms with Crippen LogP contribution in [-0.4, -0.2) is 35.8 Å². The number of hydrogen-bond acceptors (Lipinski definition) is 5. The van der Waals surface area contributed by atoms with Crippen LogP contribution in [0.2, 0.25) is 0 Å². The van der Waals surface area contributed by atoms with E-state index in [4.69, 9.17) is 10.2 Å². The molecule has 0 radical (unpaired) electrons. The van der Waals surface area contributed by atoms with Crippen LogP contribution in [-0.2, 0) is 0 Å². The molecule has 1 fully saturated rings. The van der Waals surface area contributed by atoms with Crippen LogP contribution in [0.1, 0.15) is 38.6 Å². The van der Waals surface area contributed by atoms with E-state index in [1.165, 1.54) is 17.6 Å². The minimum atomic E-state index is -0.320. The molecule has 2 aromatic heterocycles. The van der Waals surface area contributed by atoms with Crippen molar-refractivity contribution >= 4 is 40.6 Å². The zero-order chi connectivity index (χ0) is 16.4. The summed E-state index contributed by atoms with van der Waals surface area (Å²) >= 11 is 1.29. The molecule has 0 saturated carbocycles. The summed E-state index contributed by atoms with van der Waals surface area (Å²) in [5, 5.41) is 3.41. The topological polar surface area (TPSA) is 88.6 Å². The van der Waals surface area contributed by atoms with Crippen LogP contribution in [0, 0.1) is 6.92 Å². The lowest BCUT2D eigenvalue weighted by molar-refractivity contribution is 0.0719. The number of anilines is 1. The SMILES string of the molecule is Cc1cc(NC(=O)c2ccco2)sc1C(=O)N1CCC(N)CC1.Cl. The van der Waals surface area contributed by atoms with Gasteiger partial charge in [-0.2, -0.15) is 0 Å². The lowest BCUT2D eigenvalue weighted by Gasteiger charge is -2.30. The normalized spacial score (nSPS) is 15.0. The zero-order valence-corrected chi connectivity index (χ0v) is 14.9. The number of nitrogens with zero attached hydrogens (tertiary/aromatic N) is 1. The molecule has 0 unspecified atom stereocenters. The van der Waals surface area contributed by atoms with Gasteiger partial charge in [-0.1, -0.05) is 0 Å². The third-order valence-electron chi connectivity index (χ3n) is 3.92. The van der Waals surface area contributed by atoms with Crippen molar-refractivity contribution in [1.82, 2.24) is 4.90 Å². The van der Waals surface area contributed by atoms with Gasteiger partial charge in [-0.25, -0.2) is 0 Å². The van der Waals surface area contributed by atoms with E-state index < -0.39 is 0 Å². The minimum absolute atomic E-state index is 0. The molecule has 1 aliphatic heterocycles. The summed E-state index contributed by atoms with van der Waals surface area (Å²) in [7, 11) is 0. The second-order valence-corrected chi connectivity index (χ2v) is 6.74. The molecule has 0 aliphatic carbocycles. The van der Waals surface area contributed by atoms with Crippen LogP contribution < -0.4 is 11.1 Å². The molecule has 0 spiro atoms. The van der Waals surface area contributed by atoms with Gasteiger partial charge in [0.2, 0.25) is 0 Å². The van der Waals surface area contributed by atoms with Crippen molar-refractivity contribution in [3.05, 3.63) is 40.7 Å². The fourth-order valence-corrected chi connectivity index (χ4v) is 3.62. The molecular formula is C16H20ClN3O3S. The Kier molecular flexibility index (Phi) is 6.04. The first-order chi connectivity index (χ1) is 11.0. The van der Waals surface area contributed by atoms with Crippen LogP contribution in [0.25, 0.3) is 0 Å². The van der Waals surface area contributed by atoms with Gasteiger partial charge in [-0.15, -0.1) is 23.7 Å². The lowest BCUT2D eigenvalue weighted by Crippen LogP contribution is -2.42. The second kappa shape index (κ2) is 7.83. The first kappa shape index (κ1) is 18.5. The fraction of sp³-hybridized carbons (Fsp3) is 0.375. The number of nitrogens with two attached hydrogens (primary N) is 1. The summed E-state index contributed by atoms with van der Waals surface area (Å²) in [4.78, 5) is 27.1. The molecule has 3 N–H and O–H groups in total. The number of aryl methyl sites for hydroxylation is 1. The summed E-state index contributed by atoms with van der Waals surface area (Å²) in [6.45, 7) is 3.25. The van der Waals surface area contributed by atoms with E-state index in [1.54, 1.807) is 12.1 Å². The highest BCUT2D eigenvalue weighted by Crippen LogP contribution is 2.29. The molecule has 1 saturated heterocycles. The molecule has 0 atom stereocenters. The number of likely N-dealkylation sites (tertiary alicyclic amines) is 1. The Labute approximate surface area is 150 Å². The number of halogens is 1. The molecule has 8 heteroatoms. The van der Waals surface area contributed by atoms with Gasteiger partial charge in [0.15, 0.2) is 5.76 Å². The number of carbonyl (C=O) groups excluding carboxylic acids is 2. The van der Waals surface area contributed by atoms with Gasteiger partial charge in [-0.3, -0.25) is 9.59 Å². The lowest BCUT2D eigenvalue weighted by atomic mass is 10.1. The van der Waals surface area contributed by atoms with Crippen molar-refractivity contribution in [3.8, 4) is 0 Å². The van der Waals surface area contributed by atoms with E-state index in [-0.39, 0.29) is 36.0 Å². The van der Waals surface area contributed by atoms with Crippen LogP contribution in [0.4, 0.5) is 5.00 Å². The van der Waals surface area contributed by atoms with Gasteiger partial charge in [0.25, 0.3) is 11.8 Å². The Morgan fingerprint density at radius 2 is 2.08 bits per heavy atom. The average molecular weight is 370 g/mol. The Hall–Kier alpha value is -1.83. The highest BCUT2D eigenvalue weighted by atomic mass is 35.5. The molecular weight excluding hydrogens is 350 g/mol. The predicted molar refractivity (Wildman–Crippen MR) is 96.1 cm³/mol. The van der Waals surface area contributed by atoms with E-state index >= 15 is 0 Å². The molecule has 2 aromatic rings. The average Bonchev–Trinajstić information content (AvgIpc) is 3.17. The number of nitrogens with one attached hydrogen (secondary N) is 1. The maximum absolute atomic E-state index is 12.6. The number of furan rings is 1. The number of piperidine rings is 1. The molecule has 24 heavy (non-hydrogen) atoms. The van der Waals surface area contributed by atoms with Gasteiger partial charge in [0, 0.05) is 19.1 Å². The summed E-state index contributed by atoms with van der Waals surface area (Å²) in [5.74, 6) is -0.0639. The summed E-state index contributed by atoms with van der Waals surface area (Å²) < 4.78 is 5.06. The molecule has 1 aliphatic rings. The standard InChI is InChI=1S/C16H19N3O3S.ClH/c1-10-9-13(18-15(20)12-3-2-8-22-12)23-14(10)16(21)19-6-4-11(17)5-7-19;/h2-3,8-9,11H,4-7,17H2,1H3,(H,18,20);1H. The largest absolute Gasteiger partial charge is 0.459 e. The van der Waals surface area contributed by atoms with Gasteiger partial charge in [-0.05, 0) is 43.5 Å². The number of hydrogen-bond donors (Lipinski definition) is 2. The smallest absolute Gasteiger partial charge is 0.291 e. The van der Waals surface area contributed by atoms with Gasteiger partial charge in [0.1, 0.15) is 0 Å². The Bertz CT molecular complexity index is 706. The number of thiophene rings is 1. The highest BCUT2D eigenvalue weighted by molar-refractivity contribution is 7.18. The third-order valence-corrected chi connectivity index (χ3v) is 5.06. The minimum Gasteiger partial charge on any atom is -0.459 e. The molecule has 2 amide bonds. The molecule has 6 nitrogen and oxygen atoms in total. The summed E-state index contributed by atoms with van der Waals surface area (Å²) in [6, 6.07) is 5.25. The molecule has 130 valence electrons. The molecule has 0 aromatic carbocycles. The number of carbonyl (C=O) groups is 2. The number of rotatable bonds is 3. The second-order valence-electron chi connectivity index (χ2n) is 5.68. The molecule has 3 heterocycles. The fourth-order valence-electron chi connectivity index (χ4n) is 2.58. The van der Waals surface area contributed by atoms with E-state index in [1.807, 2.05) is 17.9 Å². The quantitative estimate of drug-likeness (QED) is 0.870. The predicted octanol–water partition coefficient (Wildman–Crippen LogP) is 2.89. The maximum atomic E-state index is 12.6. The molecule has 0 bridgehead atoms.